The molecule has 176 valence electrons. The van der Waals surface area contributed by atoms with Crippen LogP contribution in [0.5, 0.6) is 0 Å². The number of anilines is 1. The van der Waals surface area contributed by atoms with Gasteiger partial charge in [-0.15, -0.1) is 0 Å². The number of hydrogen-bond donors (Lipinski definition) is 2. The molecule has 2 aliphatic rings. The number of nitrogens with zero attached hydrogens (tertiary/aromatic N) is 4. The molecule has 12 heteroatoms. The van der Waals surface area contributed by atoms with Crippen molar-refractivity contribution in [3.63, 3.8) is 0 Å². The van der Waals surface area contributed by atoms with Crippen molar-refractivity contribution in [2.45, 2.75) is 36.9 Å². The van der Waals surface area contributed by atoms with E-state index < -0.39 is 36.5 Å². The van der Waals surface area contributed by atoms with E-state index in [2.05, 4.69) is 20.6 Å². The molecule has 2 N–H and O–H groups in total. The lowest BCUT2D eigenvalue weighted by molar-refractivity contribution is -0.234. The van der Waals surface area contributed by atoms with Crippen LogP contribution in [0.4, 0.5) is 23.2 Å². The van der Waals surface area contributed by atoms with E-state index in [-0.39, 0.29) is 37.1 Å². The summed E-state index contributed by atoms with van der Waals surface area (Å²) in [5.74, 6) is -0.812. The van der Waals surface area contributed by atoms with Crippen LogP contribution < -0.4 is 15.5 Å². The molecule has 0 spiro atoms. The average Bonchev–Trinajstić information content (AvgIpc) is 2.81. The highest BCUT2D eigenvalue weighted by Crippen LogP contribution is 2.33. The molecule has 4 heterocycles. The summed E-state index contributed by atoms with van der Waals surface area (Å²) in [5.41, 5.74) is -1.02. The number of ether oxygens (including phenoxy) is 1. The Morgan fingerprint density at radius 1 is 1.33 bits per heavy atom. The van der Waals surface area contributed by atoms with Crippen LogP contribution in [0.2, 0.25) is 0 Å². The molecule has 2 aromatic heterocycles. The van der Waals surface area contributed by atoms with Crippen LogP contribution in [-0.4, -0.2) is 72.7 Å². The Morgan fingerprint density at radius 2 is 2.09 bits per heavy atom. The van der Waals surface area contributed by atoms with Gasteiger partial charge in [0.25, 0.3) is 5.91 Å². The zero-order valence-electron chi connectivity index (χ0n) is 17.5. The molecule has 0 aliphatic carbocycles. The third-order valence-electron chi connectivity index (χ3n) is 5.91. The van der Waals surface area contributed by atoms with Gasteiger partial charge in [-0.05, 0) is 38.1 Å². The van der Waals surface area contributed by atoms with Crippen molar-refractivity contribution in [3.05, 3.63) is 30.2 Å². The van der Waals surface area contributed by atoms with Crippen molar-refractivity contribution in [2.75, 3.05) is 37.6 Å². The quantitative estimate of drug-likeness (QED) is 0.663. The Bertz CT molecular complexity index is 1070. The van der Waals surface area contributed by atoms with Gasteiger partial charge in [-0.25, -0.2) is 9.37 Å². The van der Waals surface area contributed by atoms with E-state index in [4.69, 9.17) is 4.74 Å². The summed E-state index contributed by atoms with van der Waals surface area (Å²) in [7, 11) is 0. The number of halogens is 4. The van der Waals surface area contributed by atoms with E-state index in [0.717, 1.165) is 0 Å². The number of morpholine rings is 1. The second-order valence-electron chi connectivity index (χ2n) is 8.18. The smallest absolute Gasteiger partial charge is 0.364 e. The highest BCUT2D eigenvalue weighted by molar-refractivity contribution is 5.94. The van der Waals surface area contributed by atoms with Crippen molar-refractivity contribution in [1.29, 1.82) is 5.26 Å². The fraction of sp³-hybridized carbons (Fsp3) is 0.524. The van der Waals surface area contributed by atoms with Crippen LogP contribution >= 0.6 is 0 Å². The summed E-state index contributed by atoms with van der Waals surface area (Å²) >= 11 is 0. The lowest BCUT2D eigenvalue weighted by atomic mass is 9.94. The third kappa shape index (κ3) is 4.99. The first-order valence-corrected chi connectivity index (χ1v) is 10.5. The van der Waals surface area contributed by atoms with Crippen molar-refractivity contribution in [2.24, 2.45) is 0 Å². The number of alkyl halides is 4. The molecule has 1 amide bonds. The number of pyridine rings is 2. The molecule has 33 heavy (non-hydrogen) atoms. The average molecular weight is 466 g/mol. The second-order valence-corrected chi connectivity index (χ2v) is 8.18. The molecule has 0 aromatic carbocycles. The molecule has 8 nitrogen and oxygen atoms in total. The van der Waals surface area contributed by atoms with Crippen LogP contribution in [-0.2, 0) is 9.53 Å². The second kappa shape index (κ2) is 9.07. The Morgan fingerprint density at radius 3 is 2.79 bits per heavy atom. The molecule has 4 rings (SSSR count). The Hall–Kier alpha value is -3.04. The molecule has 2 saturated heterocycles. The van der Waals surface area contributed by atoms with E-state index in [1.54, 1.807) is 12.1 Å². The van der Waals surface area contributed by atoms with Gasteiger partial charge in [0, 0.05) is 11.6 Å². The molecule has 2 aliphatic heterocycles. The van der Waals surface area contributed by atoms with Gasteiger partial charge in [-0.2, -0.15) is 18.4 Å². The lowest BCUT2D eigenvalue weighted by Crippen LogP contribution is -2.58. The number of amides is 1. The minimum absolute atomic E-state index is 0.0412. The number of hydrogen-bond acceptors (Lipinski definition) is 7. The van der Waals surface area contributed by atoms with Gasteiger partial charge in [-0.1, -0.05) is 0 Å². The maximum absolute atomic E-state index is 14.8. The molecule has 0 saturated carbocycles. The molecule has 2 fully saturated rings. The van der Waals surface area contributed by atoms with E-state index in [1.165, 1.54) is 17.3 Å². The maximum Gasteiger partial charge on any atom is 0.416 e. The highest BCUT2D eigenvalue weighted by Gasteiger charge is 2.48. The fourth-order valence-electron chi connectivity index (χ4n) is 4.08. The number of aromatic nitrogens is 2. The number of nitriles is 1. The van der Waals surface area contributed by atoms with Crippen LogP contribution in [0.3, 0.4) is 0 Å². The molecule has 2 atom stereocenters. The van der Waals surface area contributed by atoms with E-state index >= 15 is 0 Å². The van der Waals surface area contributed by atoms with Gasteiger partial charge >= 0.3 is 6.18 Å². The van der Waals surface area contributed by atoms with Crippen LogP contribution in [0.25, 0.3) is 10.9 Å². The summed E-state index contributed by atoms with van der Waals surface area (Å²) in [5, 5.41) is 15.1. The fourth-order valence-corrected chi connectivity index (χ4v) is 4.08. The normalized spacial score (nSPS) is 23.2. The van der Waals surface area contributed by atoms with Gasteiger partial charge in [-0.3, -0.25) is 9.78 Å². The summed E-state index contributed by atoms with van der Waals surface area (Å²) in [6.45, 7) is -0.137. The predicted molar refractivity (Wildman–Crippen MR) is 110 cm³/mol. The zero-order chi connectivity index (χ0) is 23.6. The van der Waals surface area contributed by atoms with Crippen LogP contribution in [0.1, 0.15) is 18.5 Å². The van der Waals surface area contributed by atoms with Crippen molar-refractivity contribution in [1.82, 2.24) is 20.6 Å². The molecule has 0 radical (unpaired) electrons. The van der Waals surface area contributed by atoms with E-state index in [0.29, 0.717) is 24.2 Å². The molecular weight excluding hydrogens is 444 g/mol. The number of fused-ring (bicyclic) bond motifs is 1. The highest BCUT2D eigenvalue weighted by atomic mass is 19.4. The number of carbonyl (C=O) groups is 1. The summed E-state index contributed by atoms with van der Waals surface area (Å²) in [6.07, 6.45) is -5.28. The zero-order valence-corrected chi connectivity index (χ0v) is 17.5. The number of nitrogens with one attached hydrogen (secondary N) is 2. The summed E-state index contributed by atoms with van der Waals surface area (Å²) in [6, 6.07) is 5.13. The molecular formula is C21H22F4N6O2. The third-order valence-corrected chi connectivity index (χ3v) is 5.91. The minimum Gasteiger partial charge on any atom is -0.364 e. The number of rotatable bonds is 4. The Labute approximate surface area is 186 Å². The van der Waals surface area contributed by atoms with Gasteiger partial charge < -0.3 is 20.3 Å². The first kappa shape index (κ1) is 23.1. The predicted octanol–water partition coefficient (Wildman–Crippen LogP) is 1.85. The molecule has 2 aromatic rings. The standard InChI is InChI=1S/C21H22F4N6O2/c22-20(3-6-27-7-4-20)12-30-19(32)16-10-31(11-17(33-16)21(23,24)25)15-9-29-14(8-26)18-13(15)2-1-5-28-18/h1-2,5,9,16-17,27H,3-4,6-7,10-12H2,(H,30,32). The van der Waals surface area contributed by atoms with E-state index in [9.17, 15) is 27.6 Å². The first-order chi connectivity index (χ1) is 15.7. The van der Waals surface area contributed by atoms with Crippen molar-refractivity contribution >= 4 is 22.5 Å². The first-order valence-electron chi connectivity index (χ1n) is 10.5. The minimum atomic E-state index is -4.72. The van der Waals surface area contributed by atoms with Crippen molar-refractivity contribution in [3.8, 4) is 6.07 Å². The van der Waals surface area contributed by atoms with E-state index in [1.807, 2.05) is 6.07 Å². The Kier molecular flexibility index (Phi) is 6.36. The number of piperidine rings is 1. The Balaban J connectivity index is 1.59. The summed E-state index contributed by atoms with van der Waals surface area (Å²) in [4.78, 5) is 22.2. The molecule has 0 bridgehead atoms. The van der Waals surface area contributed by atoms with Crippen LogP contribution in [0.15, 0.2) is 24.5 Å². The van der Waals surface area contributed by atoms with Gasteiger partial charge in [0.15, 0.2) is 17.9 Å². The summed E-state index contributed by atoms with van der Waals surface area (Å²) < 4.78 is 60.8. The largest absolute Gasteiger partial charge is 0.416 e. The SMILES string of the molecule is N#Cc1ncc(N2CC(C(=O)NCC3(F)CCNCC3)OC(C(F)(F)F)C2)c2cccnc12. The monoisotopic (exact) mass is 466 g/mol. The lowest BCUT2D eigenvalue weighted by Gasteiger charge is -2.39. The maximum atomic E-state index is 14.8. The van der Waals surface area contributed by atoms with Gasteiger partial charge in [0.2, 0.25) is 0 Å². The van der Waals surface area contributed by atoms with Crippen LogP contribution in [0, 0.1) is 11.3 Å². The molecule has 2 unspecified atom stereocenters. The number of carbonyl (C=O) groups excluding carboxylic acids is 1. The van der Waals surface area contributed by atoms with Gasteiger partial charge in [0.05, 0.1) is 31.5 Å². The van der Waals surface area contributed by atoms with Crippen molar-refractivity contribution < 1.29 is 27.1 Å². The van der Waals surface area contributed by atoms with Gasteiger partial charge in [0.1, 0.15) is 17.3 Å². The topological polar surface area (TPSA) is 103 Å².